The van der Waals surface area contributed by atoms with E-state index in [1.165, 1.54) is 57.8 Å². The molecule has 1 saturated heterocycles. The van der Waals surface area contributed by atoms with E-state index in [0.717, 1.165) is 19.1 Å². The molecule has 1 heterocycles. The fraction of sp³-hybridized carbons (Fsp3) is 1.00. The normalized spacial score (nSPS) is 36.3. The summed E-state index contributed by atoms with van der Waals surface area (Å²) in [6.07, 6.45) is 12.4. The molecule has 112 valence electrons. The molecule has 2 aliphatic rings. The summed E-state index contributed by atoms with van der Waals surface area (Å²) in [7, 11) is 0. The third kappa shape index (κ3) is 4.75. The maximum atomic E-state index is 5.93. The van der Waals surface area contributed by atoms with Crippen LogP contribution in [0.1, 0.15) is 71.6 Å². The summed E-state index contributed by atoms with van der Waals surface area (Å²) in [5.41, 5.74) is 0. The molecule has 1 saturated carbocycles. The molecule has 2 fully saturated rings. The van der Waals surface area contributed by atoms with Crippen LogP contribution in [0.5, 0.6) is 0 Å². The number of hydrogen-bond donors (Lipinski definition) is 0. The van der Waals surface area contributed by atoms with E-state index in [0.29, 0.717) is 11.8 Å². The fourth-order valence-corrected chi connectivity index (χ4v) is 3.50. The van der Waals surface area contributed by atoms with Gasteiger partial charge in [-0.25, -0.2) is 0 Å². The van der Waals surface area contributed by atoms with Crippen LogP contribution in [0.25, 0.3) is 0 Å². The molecule has 0 radical (unpaired) electrons. The van der Waals surface area contributed by atoms with Crippen molar-refractivity contribution in [2.45, 2.75) is 77.9 Å². The lowest BCUT2D eigenvalue weighted by molar-refractivity contribution is -0.229. The molecule has 0 aromatic carbocycles. The van der Waals surface area contributed by atoms with Gasteiger partial charge in [0.05, 0.1) is 13.2 Å². The summed E-state index contributed by atoms with van der Waals surface area (Å²) >= 11 is 0. The SMILES string of the molecule is CCCCC[C@H]1CC[C@H](C2OCC(CC)CO2)CC1. The van der Waals surface area contributed by atoms with Crippen molar-refractivity contribution in [2.75, 3.05) is 13.2 Å². The Morgan fingerprint density at radius 3 is 2.11 bits per heavy atom. The van der Waals surface area contributed by atoms with Crippen molar-refractivity contribution in [1.82, 2.24) is 0 Å². The predicted octanol–water partition coefficient (Wildman–Crippen LogP) is 4.77. The highest BCUT2D eigenvalue weighted by molar-refractivity contribution is 4.76. The lowest BCUT2D eigenvalue weighted by Gasteiger charge is -2.37. The van der Waals surface area contributed by atoms with Gasteiger partial charge in [0, 0.05) is 11.8 Å². The lowest BCUT2D eigenvalue weighted by atomic mass is 9.79. The van der Waals surface area contributed by atoms with Crippen LogP contribution in [-0.4, -0.2) is 19.5 Å². The van der Waals surface area contributed by atoms with E-state index in [-0.39, 0.29) is 6.29 Å². The zero-order valence-electron chi connectivity index (χ0n) is 12.9. The zero-order chi connectivity index (χ0) is 13.5. The third-order valence-electron chi connectivity index (χ3n) is 5.06. The largest absolute Gasteiger partial charge is 0.352 e. The van der Waals surface area contributed by atoms with Crippen molar-refractivity contribution >= 4 is 0 Å². The summed E-state index contributed by atoms with van der Waals surface area (Å²) in [5.74, 6) is 2.27. The summed E-state index contributed by atoms with van der Waals surface area (Å²) < 4.78 is 11.9. The van der Waals surface area contributed by atoms with Gasteiger partial charge in [-0.1, -0.05) is 39.5 Å². The van der Waals surface area contributed by atoms with Crippen molar-refractivity contribution in [3.05, 3.63) is 0 Å². The molecule has 2 heteroatoms. The minimum absolute atomic E-state index is 0.111. The van der Waals surface area contributed by atoms with Crippen molar-refractivity contribution < 1.29 is 9.47 Å². The van der Waals surface area contributed by atoms with Crippen molar-refractivity contribution in [3.8, 4) is 0 Å². The summed E-state index contributed by atoms with van der Waals surface area (Å²) in [6, 6.07) is 0. The molecular weight excluding hydrogens is 236 g/mol. The summed E-state index contributed by atoms with van der Waals surface area (Å²) in [5, 5.41) is 0. The Morgan fingerprint density at radius 1 is 0.842 bits per heavy atom. The van der Waals surface area contributed by atoms with E-state index in [1.54, 1.807) is 0 Å². The van der Waals surface area contributed by atoms with Gasteiger partial charge >= 0.3 is 0 Å². The number of rotatable bonds is 6. The molecule has 1 aliphatic carbocycles. The highest BCUT2D eigenvalue weighted by Gasteiger charge is 2.31. The zero-order valence-corrected chi connectivity index (χ0v) is 12.9. The molecule has 2 nitrogen and oxygen atoms in total. The van der Waals surface area contributed by atoms with Crippen LogP contribution in [0.3, 0.4) is 0 Å². The van der Waals surface area contributed by atoms with Gasteiger partial charge in [-0.05, 0) is 38.0 Å². The Labute approximate surface area is 119 Å². The first-order chi connectivity index (χ1) is 9.33. The average molecular weight is 268 g/mol. The van der Waals surface area contributed by atoms with Crippen LogP contribution in [0, 0.1) is 17.8 Å². The Kier molecular flexibility index (Phi) is 6.66. The lowest BCUT2D eigenvalue weighted by Crippen LogP contribution is -2.38. The summed E-state index contributed by atoms with van der Waals surface area (Å²) in [4.78, 5) is 0. The monoisotopic (exact) mass is 268 g/mol. The van der Waals surface area contributed by atoms with E-state index >= 15 is 0 Å². The molecule has 0 aromatic heterocycles. The van der Waals surface area contributed by atoms with Gasteiger partial charge in [0.15, 0.2) is 6.29 Å². The maximum Gasteiger partial charge on any atom is 0.160 e. The molecule has 0 atom stereocenters. The molecule has 19 heavy (non-hydrogen) atoms. The first-order valence-electron chi connectivity index (χ1n) is 8.56. The second kappa shape index (κ2) is 8.26. The molecule has 1 aliphatic heterocycles. The average Bonchev–Trinajstić information content (AvgIpc) is 2.48. The van der Waals surface area contributed by atoms with Crippen molar-refractivity contribution in [2.24, 2.45) is 17.8 Å². The van der Waals surface area contributed by atoms with Crippen LogP contribution >= 0.6 is 0 Å². The molecule has 0 N–H and O–H groups in total. The van der Waals surface area contributed by atoms with Crippen molar-refractivity contribution in [1.29, 1.82) is 0 Å². The van der Waals surface area contributed by atoms with E-state index in [4.69, 9.17) is 9.47 Å². The molecular formula is C17H32O2. The Balaban J connectivity index is 1.63. The Bertz CT molecular complexity index is 225. The number of hydrogen-bond acceptors (Lipinski definition) is 2. The van der Waals surface area contributed by atoms with Gasteiger partial charge < -0.3 is 9.47 Å². The standard InChI is InChI=1S/C17H32O2/c1-3-5-6-7-15-8-10-16(11-9-15)17-18-12-14(4-2)13-19-17/h14-17H,3-13H2,1-2H3/t14?,15-,16-,17?. The highest BCUT2D eigenvalue weighted by Crippen LogP contribution is 2.36. The second-order valence-electron chi connectivity index (χ2n) is 6.59. The molecule has 2 rings (SSSR count). The van der Waals surface area contributed by atoms with Crippen LogP contribution in [0.4, 0.5) is 0 Å². The van der Waals surface area contributed by atoms with Crippen molar-refractivity contribution in [3.63, 3.8) is 0 Å². The Hall–Kier alpha value is -0.0800. The molecule has 0 bridgehead atoms. The number of unbranched alkanes of at least 4 members (excludes halogenated alkanes) is 2. The second-order valence-corrected chi connectivity index (χ2v) is 6.59. The molecule has 0 aromatic rings. The van der Waals surface area contributed by atoms with Gasteiger partial charge in [0.1, 0.15) is 0 Å². The first kappa shape index (κ1) is 15.3. The number of ether oxygens (including phenoxy) is 2. The minimum atomic E-state index is 0.111. The van der Waals surface area contributed by atoms with E-state index in [2.05, 4.69) is 13.8 Å². The van der Waals surface area contributed by atoms with Gasteiger partial charge in [0.2, 0.25) is 0 Å². The summed E-state index contributed by atoms with van der Waals surface area (Å²) in [6.45, 7) is 6.34. The van der Waals surface area contributed by atoms with Gasteiger partial charge in [0.25, 0.3) is 0 Å². The van der Waals surface area contributed by atoms with E-state index < -0.39 is 0 Å². The highest BCUT2D eigenvalue weighted by atomic mass is 16.7. The van der Waals surface area contributed by atoms with Gasteiger partial charge in [-0.15, -0.1) is 0 Å². The smallest absolute Gasteiger partial charge is 0.160 e. The van der Waals surface area contributed by atoms with Crippen LogP contribution < -0.4 is 0 Å². The van der Waals surface area contributed by atoms with Crippen LogP contribution in [0.15, 0.2) is 0 Å². The molecule has 0 amide bonds. The third-order valence-corrected chi connectivity index (χ3v) is 5.06. The van der Waals surface area contributed by atoms with E-state index in [1.807, 2.05) is 0 Å². The molecule has 0 spiro atoms. The van der Waals surface area contributed by atoms with Crippen LogP contribution in [-0.2, 0) is 9.47 Å². The van der Waals surface area contributed by atoms with Gasteiger partial charge in [-0.2, -0.15) is 0 Å². The quantitative estimate of drug-likeness (QED) is 0.646. The molecule has 0 unspecified atom stereocenters. The van der Waals surface area contributed by atoms with Gasteiger partial charge in [-0.3, -0.25) is 0 Å². The first-order valence-corrected chi connectivity index (χ1v) is 8.56. The Morgan fingerprint density at radius 2 is 1.53 bits per heavy atom. The minimum Gasteiger partial charge on any atom is -0.352 e. The van der Waals surface area contributed by atoms with E-state index in [9.17, 15) is 0 Å². The topological polar surface area (TPSA) is 18.5 Å². The van der Waals surface area contributed by atoms with Crippen LogP contribution in [0.2, 0.25) is 0 Å². The maximum absolute atomic E-state index is 5.93. The predicted molar refractivity (Wildman–Crippen MR) is 79.1 cm³/mol. The fourth-order valence-electron chi connectivity index (χ4n) is 3.50.